The predicted molar refractivity (Wildman–Crippen MR) is 103 cm³/mol. The Labute approximate surface area is 169 Å². The first-order valence-electron chi connectivity index (χ1n) is 10.5. The minimum absolute atomic E-state index is 0.133. The van der Waals surface area contributed by atoms with Crippen LogP contribution in [0.4, 0.5) is 0 Å². The smallest absolute Gasteiger partial charge is 0.227 e. The third-order valence-electron chi connectivity index (χ3n) is 6.71. The Morgan fingerprint density at radius 1 is 1.28 bits per heavy atom. The lowest BCUT2D eigenvalue weighted by Crippen LogP contribution is -2.59. The highest BCUT2D eigenvalue weighted by Gasteiger charge is 2.51. The number of likely N-dealkylation sites (tertiary alicyclic amines) is 1. The zero-order valence-corrected chi connectivity index (χ0v) is 16.8. The number of nitrogens with one attached hydrogen (secondary N) is 1. The Bertz CT molecular complexity index is 894. The average Bonchev–Trinajstić information content (AvgIpc) is 3.24. The van der Waals surface area contributed by atoms with E-state index in [-0.39, 0.29) is 29.2 Å². The largest absolute Gasteiger partial charge is 0.348 e. The van der Waals surface area contributed by atoms with Crippen LogP contribution in [0.15, 0.2) is 19.0 Å². The first-order valence-corrected chi connectivity index (χ1v) is 10.5. The SMILES string of the molecule is C[C@H](Cn1cncn1)C(=O)N1CCC2(CC1)c1nc[nH]c1CCN2C(=O)C1CC1. The van der Waals surface area contributed by atoms with Crippen molar-refractivity contribution in [2.24, 2.45) is 11.8 Å². The normalized spacial score (nSPS) is 21.8. The van der Waals surface area contributed by atoms with Gasteiger partial charge < -0.3 is 14.8 Å². The van der Waals surface area contributed by atoms with Crippen LogP contribution in [0, 0.1) is 11.8 Å². The molecule has 4 heterocycles. The van der Waals surface area contributed by atoms with Crippen LogP contribution >= 0.6 is 0 Å². The molecule has 0 radical (unpaired) electrons. The molecule has 29 heavy (non-hydrogen) atoms. The molecule has 2 aromatic heterocycles. The van der Waals surface area contributed by atoms with Gasteiger partial charge in [0.1, 0.15) is 12.7 Å². The molecule has 1 aliphatic carbocycles. The number of carbonyl (C=O) groups is 2. The molecule has 2 aromatic rings. The molecule has 1 saturated heterocycles. The molecule has 0 bridgehead atoms. The molecule has 1 saturated carbocycles. The molecule has 1 N–H and O–H groups in total. The highest BCUT2D eigenvalue weighted by Crippen LogP contribution is 2.45. The van der Waals surface area contributed by atoms with Crippen LogP contribution in [0.5, 0.6) is 0 Å². The van der Waals surface area contributed by atoms with E-state index >= 15 is 0 Å². The third-order valence-corrected chi connectivity index (χ3v) is 6.71. The number of nitrogens with zero attached hydrogens (tertiary/aromatic N) is 6. The van der Waals surface area contributed by atoms with E-state index in [1.165, 1.54) is 6.33 Å². The summed E-state index contributed by atoms with van der Waals surface area (Å²) in [6.07, 6.45) is 9.18. The third kappa shape index (κ3) is 3.12. The molecule has 0 aromatic carbocycles. The van der Waals surface area contributed by atoms with Gasteiger partial charge in [-0.3, -0.25) is 14.3 Å². The van der Waals surface area contributed by atoms with E-state index in [0.29, 0.717) is 19.6 Å². The van der Waals surface area contributed by atoms with Gasteiger partial charge in [0.25, 0.3) is 0 Å². The van der Waals surface area contributed by atoms with E-state index in [2.05, 4.69) is 25.0 Å². The van der Waals surface area contributed by atoms with Crippen molar-refractivity contribution in [3.63, 3.8) is 0 Å². The Hall–Kier alpha value is -2.71. The number of hydrogen-bond acceptors (Lipinski definition) is 5. The number of fused-ring (bicyclic) bond motifs is 2. The number of amides is 2. The predicted octanol–water partition coefficient (Wildman–Crippen LogP) is 0.950. The van der Waals surface area contributed by atoms with E-state index in [0.717, 1.165) is 50.0 Å². The van der Waals surface area contributed by atoms with Gasteiger partial charge in [-0.25, -0.2) is 9.97 Å². The summed E-state index contributed by atoms with van der Waals surface area (Å²) in [6, 6.07) is 0. The molecule has 1 atom stereocenters. The van der Waals surface area contributed by atoms with E-state index in [9.17, 15) is 9.59 Å². The van der Waals surface area contributed by atoms with Crippen molar-refractivity contribution < 1.29 is 9.59 Å². The quantitative estimate of drug-likeness (QED) is 0.828. The van der Waals surface area contributed by atoms with Crippen LogP contribution < -0.4 is 0 Å². The summed E-state index contributed by atoms with van der Waals surface area (Å²) >= 11 is 0. The van der Waals surface area contributed by atoms with Gasteiger partial charge in [-0.1, -0.05) is 6.92 Å². The molecule has 2 aliphatic heterocycles. The summed E-state index contributed by atoms with van der Waals surface area (Å²) in [5.41, 5.74) is 1.78. The second-order valence-electron chi connectivity index (χ2n) is 8.62. The summed E-state index contributed by atoms with van der Waals surface area (Å²) < 4.78 is 1.70. The second-order valence-corrected chi connectivity index (χ2v) is 8.62. The molecule has 3 aliphatic rings. The maximum Gasteiger partial charge on any atom is 0.227 e. The van der Waals surface area contributed by atoms with Crippen molar-refractivity contribution in [1.82, 2.24) is 34.5 Å². The van der Waals surface area contributed by atoms with Crippen LogP contribution in [0.1, 0.15) is 44.0 Å². The van der Waals surface area contributed by atoms with Gasteiger partial charge >= 0.3 is 0 Å². The highest BCUT2D eigenvalue weighted by molar-refractivity contribution is 5.82. The number of rotatable bonds is 4. The Morgan fingerprint density at radius 2 is 2.07 bits per heavy atom. The first-order chi connectivity index (χ1) is 14.1. The summed E-state index contributed by atoms with van der Waals surface area (Å²) in [6.45, 7) is 4.48. The molecule has 2 fully saturated rings. The fraction of sp³-hybridized carbons (Fsp3) is 0.650. The molecular weight excluding hydrogens is 370 g/mol. The fourth-order valence-electron chi connectivity index (χ4n) is 4.95. The minimum Gasteiger partial charge on any atom is -0.348 e. The van der Waals surface area contributed by atoms with E-state index in [1.807, 2.05) is 11.8 Å². The fourth-order valence-corrected chi connectivity index (χ4v) is 4.95. The lowest BCUT2D eigenvalue weighted by atomic mass is 9.78. The summed E-state index contributed by atoms with van der Waals surface area (Å²) in [5.74, 6) is 0.434. The molecule has 9 heteroatoms. The topological polar surface area (TPSA) is 100 Å². The number of piperidine rings is 1. The van der Waals surface area contributed by atoms with Crippen molar-refractivity contribution in [3.8, 4) is 0 Å². The highest BCUT2D eigenvalue weighted by atomic mass is 16.2. The van der Waals surface area contributed by atoms with Crippen LogP contribution in [0.2, 0.25) is 0 Å². The number of H-pyrrole nitrogens is 1. The van der Waals surface area contributed by atoms with Gasteiger partial charge in [-0.05, 0) is 25.7 Å². The molecule has 9 nitrogen and oxygen atoms in total. The van der Waals surface area contributed by atoms with Gasteiger partial charge in [0, 0.05) is 37.7 Å². The summed E-state index contributed by atoms with van der Waals surface area (Å²) in [4.78, 5) is 41.9. The van der Waals surface area contributed by atoms with Crippen molar-refractivity contribution in [3.05, 3.63) is 30.4 Å². The molecule has 0 unspecified atom stereocenters. The molecule has 154 valence electrons. The summed E-state index contributed by atoms with van der Waals surface area (Å²) in [7, 11) is 0. The van der Waals surface area contributed by atoms with E-state index in [1.54, 1.807) is 17.3 Å². The maximum atomic E-state index is 13.1. The molecule has 2 amide bonds. The molecule has 1 spiro atoms. The Morgan fingerprint density at radius 3 is 2.76 bits per heavy atom. The number of aromatic amines is 1. The van der Waals surface area contributed by atoms with Crippen LogP contribution in [0.25, 0.3) is 0 Å². The number of aromatic nitrogens is 5. The number of carbonyl (C=O) groups excluding carboxylic acids is 2. The standard InChI is InChI=1S/C20H27N7O2/c1-14(10-26-13-21-11-24-26)18(28)25-8-5-20(6-9-25)17-16(22-12-23-17)4-7-27(20)19(29)15-2-3-15/h11-15H,2-10H2,1H3,(H,22,23)/t14-/m1/s1. The van der Waals surface area contributed by atoms with Crippen molar-refractivity contribution in [2.45, 2.75) is 51.1 Å². The van der Waals surface area contributed by atoms with Gasteiger partial charge in [0.15, 0.2) is 0 Å². The Kier molecular flexibility index (Phi) is 4.40. The van der Waals surface area contributed by atoms with Crippen LogP contribution in [-0.4, -0.2) is 66.0 Å². The Balaban J connectivity index is 1.33. The molecule has 5 rings (SSSR count). The maximum absolute atomic E-state index is 13.1. The van der Waals surface area contributed by atoms with Crippen LogP contribution in [0.3, 0.4) is 0 Å². The monoisotopic (exact) mass is 397 g/mol. The number of imidazole rings is 1. The van der Waals surface area contributed by atoms with Gasteiger partial charge in [0.05, 0.1) is 30.0 Å². The average molecular weight is 397 g/mol. The lowest BCUT2D eigenvalue weighted by Gasteiger charge is -2.50. The van der Waals surface area contributed by atoms with Crippen molar-refractivity contribution in [1.29, 1.82) is 0 Å². The van der Waals surface area contributed by atoms with Gasteiger partial charge in [-0.2, -0.15) is 5.10 Å². The zero-order chi connectivity index (χ0) is 20.0. The summed E-state index contributed by atoms with van der Waals surface area (Å²) in [5, 5.41) is 4.10. The first kappa shape index (κ1) is 18.3. The van der Waals surface area contributed by atoms with Gasteiger partial charge in [-0.15, -0.1) is 0 Å². The van der Waals surface area contributed by atoms with E-state index < -0.39 is 0 Å². The number of hydrogen-bond donors (Lipinski definition) is 1. The lowest BCUT2D eigenvalue weighted by molar-refractivity contribution is -0.146. The second kappa shape index (κ2) is 6.96. The van der Waals surface area contributed by atoms with Crippen LogP contribution in [-0.2, 0) is 28.1 Å². The van der Waals surface area contributed by atoms with Crippen molar-refractivity contribution in [2.75, 3.05) is 19.6 Å². The minimum atomic E-state index is -0.376. The molecular formula is C20H27N7O2. The van der Waals surface area contributed by atoms with Crippen molar-refractivity contribution >= 4 is 11.8 Å². The zero-order valence-electron chi connectivity index (χ0n) is 16.8. The van der Waals surface area contributed by atoms with E-state index in [4.69, 9.17) is 0 Å². The van der Waals surface area contributed by atoms with Gasteiger partial charge in [0.2, 0.25) is 11.8 Å².